The first-order valence-electron chi connectivity index (χ1n) is 11.3. The average molecular weight is 440 g/mol. The van der Waals surface area contributed by atoms with Gasteiger partial charge in [-0.2, -0.15) is 0 Å². The third kappa shape index (κ3) is 2.44. The van der Waals surface area contributed by atoms with Gasteiger partial charge in [0, 0.05) is 35.8 Å². The van der Waals surface area contributed by atoms with Crippen LogP contribution in [0.3, 0.4) is 0 Å². The molecule has 0 aromatic carbocycles. The van der Waals surface area contributed by atoms with Crippen molar-refractivity contribution >= 4 is 11.9 Å². The van der Waals surface area contributed by atoms with Crippen molar-refractivity contribution in [1.29, 1.82) is 0 Å². The van der Waals surface area contributed by atoms with Gasteiger partial charge >= 0.3 is 11.9 Å². The summed E-state index contributed by atoms with van der Waals surface area (Å²) in [6.45, 7) is 5.67. The minimum atomic E-state index is -1.46. The number of ether oxygens (including phenoxy) is 3. The fourth-order valence-corrected chi connectivity index (χ4v) is 7.22. The Labute approximate surface area is 186 Å². The van der Waals surface area contributed by atoms with Crippen LogP contribution in [-0.4, -0.2) is 34.0 Å². The predicted molar refractivity (Wildman–Crippen MR) is 111 cm³/mol. The largest absolute Gasteiger partial charge is 0.472 e. The standard InChI is InChI=1S/C25H28O7/c1-21(2)17(22(3)9-6-18(26)31-22)12-24(28,32-21)11-16-5-4-8-23-14-25(16,23)20(27)30-19(23)15-7-10-29-13-15/h5-7,9-10,13,17,19,28H,4,8,11-12,14H2,1-3H3. The van der Waals surface area contributed by atoms with Crippen LogP contribution in [0.15, 0.2) is 46.8 Å². The van der Waals surface area contributed by atoms with E-state index in [4.69, 9.17) is 18.6 Å². The van der Waals surface area contributed by atoms with Crippen LogP contribution in [0.1, 0.15) is 64.5 Å². The number of rotatable bonds is 4. The molecule has 0 radical (unpaired) electrons. The third-order valence-electron chi connectivity index (χ3n) is 8.60. The van der Waals surface area contributed by atoms with Crippen LogP contribution >= 0.6 is 0 Å². The van der Waals surface area contributed by atoms with Crippen molar-refractivity contribution in [1.82, 2.24) is 0 Å². The molecule has 6 atom stereocenters. The highest BCUT2D eigenvalue weighted by atomic mass is 16.6. The van der Waals surface area contributed by atoms with E-state index in [9.17, 15) is 14.7 Å². The quantitative estimate of drug-likeness (QED) is 0.563. The lowest BCUT2D eigenvalue weighted by atomic mass is 9.73. The van der Waals surface area contributed by atoms with Gasteiger partial charge in [-0.05, 0) is 52.2 Å². The van der Waals surface area contributed by atoms with Crippen LogP contribution in [0.25, 0.3) is 0 Å². The number of aliphatic hydroxyl groups is 1. The molecule has 7 nitrogen and oxygen atoms in total. The van der Waals surface area contributed by atoms with E-state index in [1.54, 1.807) is 18.6 Å². The molecule has 3 fully saturated rings. The number of esters is 2. The normalized spacial score (nSPS) is 45.8. The summed E-state index contributed by atoms with van der Waals surface area (Å²) in [5.41, 5.74) is -0.745. The molecule has 3 aliphatic heterocycles. The van der Waals surface area contributed by atoms with Crippen molar-refractivity contribution in [3.8, 4) is 0 Å². The van der Waals surface area contributed by atoms with Crippen LogP contribution in [0, 0.1) is 16.7 Å². The second-order valence-electron chi connectivity index (χ2n) is 10.9. The summed E-state index contributed by atoms with van der Waals surface area (Å²) in [5, 5.41) is 11.6. The Balaban J connectivity index is 1.29. The van der Waals surface area contributed by atoms with E-state index in [0.29, 0.717) is 6.42 Å². The fourth-order valence-electron chi connectivity index (χ4n) is 7.22. The van der Waals surface area contributed by atoms with Crippen LogP contribution in [-0.2, 0) is 23.8 Å². The number of carbonyl (C=O) groups is 2. The van der Waals surface area contributed by atoms with E-state index in [2.05, 4.69) is 6.08 Å². The third-order valence-corrected chi connectivity index (χ3v) is 8.60. The van der Waals surface area contributed by atoms with Gasteiger partial charge in [0.15, 0.2) is 5.79 Å². The molecule has 5 aliphatic rings. The molecule has 2 saturated heterocycles. The number of furan rings is 1. The molecule has 1 aromatic heterocycles. The molecule has 6 rings (SSSR count). The Morgan fingerprint density at radius 1 is 1.22 bits per heavy atom. The molecule has 1 saturated carbocycles. The molecule has 170 valence electrons. The molecule has 1 aromatic rings. The summed E-state index contributed by atoms with van der Waals surface area (Å²) in [4.78, 5) is 24.9. The van der Waals surface area contributed by atoms with Gasteiger partial charge in [-0.15, -0.1) is 0 Å². The second kappa shape index (κ2) is 5.94. The molecule has 4 heterocycles. The molecule has 1 N–H and O–H groups in total. The number of cyclic esters (lactones) is 2. The lowest BCUT2D eigenvalue weighted by Gasteiger charge is -2.36. The molecular weight excluding hydrogens is 412 g/mol. The van der Waals surface area contributed by atoms with Crippen molar-refractivity contribution in [3.05, 3.63) is 48.0 Å². The van der Waals surface area contributed by atoms with E-state index < -0.39 is 22.4 Å². The molecule has 32 heavy (non-hydrogen) atoms. The zero-order chi connectivity index (χ0) is 22.6. The summed E-state index contributed by atoms with van der Waals surface area (Å²) in [7, 11) is 0. The minimum Gasteiger partial charge on any atom is -0.472 e. The first kappa shape index (κ1) is 20.2. The van der Waals surface area contributed by atoms with Crippen molar-refractivity contribution in [2.24, 2.45) is 16.7 Å². The highest BCUT2D eigenvalue weighted by Crippen LogP contribution is 2.82. The fraction of sp³-hybridized carbons (Fsp3) is 0.600. The van der Waals surface area contributed by atoms with Crippen LogP contribution in [0.5, 0.6) is 0 Å². The molecule has 7 heteroatoms. The van der Waals surface area contributed by atoms with Gasteiger partial charge < -0.3 is 23.7 Å². The molecule has 6 unspecified atom stereocenters. The number of hydrogen-bond acceptors (Lipinski definition) is 7. The lowest BCUT2D eigenvalue weighted by Crippen LogP contribution is -2.44. The second-order valence-corrected chi connectivity index (χ2v) is 10.9. The summed E-state index contributed by atoms with van der Waals surface area (Å²) < 4.78 is 22.9. The molecule has 0 spiro atoms. The van der Waals surface area contributed by atoms with E-state index in [1.807, 2.05) is 26.8 Å². The summed E-state index contributed by atoms with van der Waals surface area (Å²) >= 11 is 0. The summed E-state index contributed by atoms with van der Waals surface area (Å²) in [5.74, 6) is -2.29. The number of carbonyl (C=O) groups excluding carboxylic acids is 2. The average Bonchev–Trinajstić information content (AvgIpc) is 3.06. The lowest BCUT2D eigenvalue weighted by molar-refractivity contribution is -0.217. The summed E-state index contributed by atoms with van der Waals surface area (Å²) in [6.07, 6.45) is 11.1. The highest BCUT2D eigenvalue weighted by molar-refractivity contribution is 5.90. The smallest absolute Gasteiger partial charge is 0.331 e. The van der Waals surface area contributed by atoms with E-state index in [1.165, 1.54) is 6.08 Å². The minimum absolute atomic E-state index is 0.216. The molecule has 0 amide bonds. The first-order chi connectivity index (χ1) is 15.0. The molecular formula is C25H28O7. The zero-order valence-electron chi connectivity index (χ0n) is 18.6. The van der Waals surface area contributed by atoms with Crippen molar-refractivity contribution in [2.45, 2.75) is 76.0 Å². The highest BCUT2D eigenvalue weighted by Gasteiger charge is 2.83. The monoisotopic (exact) mass is 440 g/mol. The Kier molecular flexibility index (Phi) is 3.76. The van der Waals surface area contributed by atoms with Gasteiger partial charge in [-0.3, -0.25) is 4.79 Å². The maximum atomic E-state index is 13.2. The van der Waals surface area contributed by atoms with Gasteiger partial charge in [-0.25, -0.2) is 4.79 Å². The van der Waals surface area contributed by atoms with Gasteiger partial charge in [-0.1, -0.05) is 11.6 Å². The SMILES string of the molecule is CC1(C)OC(O)(CC2=CCCC34CC23C(=O)OC4c2ccoc2)CC1C1(C)C=CC(=O)O1. The Bertz CT molecular complexity index is 1070. The Morgan fingerprint density at radius 2 is 2.03 bits per heavy atom. The van der Waals surface area contributed by atoms with Crippen molar-refractivity contribution in [3.63, 3.8) is 0 Å². The number of allylic oxidation sites excluding steroid dienone is 1. The van der Waals surface area contributed by atoms with Crippen LogP contribution in [0.4, 0.5) is 0 Å². The molecule has 0 bridgehead atoms. The predicted octanol–water partition coefficient (Wildman–Crippen LogP) is 3.74. The van der Waals surface area contributed by atoms with Gasteiger partial charge in [0.25, 0.3) is 0 Å². The Morgan fingerprint density at radius 3 is 2.72 bits per heavy atom. The zero-order valence-corrected chi connectivity index (χ0v) is 18.6. The van der Waals surface area contributed by atoms with Gasteiger partial charge in [0.1, 0.15) is 11.7 Å². The van der Waals surface area contributed by atoms with Crippen molar-refractivity contribution < 1.29 is 33.3 Å². The maximum absolute atomic E-state index is 13.2. The topological polar surface area (TPSA) is 95.2 Å². The maximum Gasteiger partial charge on any atom is 0.331 e. The van der Waals surface area contributed by atoms with Crippen LogP contribution in [0.2, 0.25) is 0 Å². The van der Waals surface area contributed by atoms with Crippen LogP contribution < -0.4 is 0 Å². The van der Waals surface area contributed by atoms with Gasteiger partial charge in [0.2, 0.25) is 0 Å². The van der Waals surface area contributed by atoms with E-state index in [0.717, 1.165) is 30.4 Å². The van der Waals surface area contributed by atoms with E-state index >= 15 is 0 Å². The molecule has 2 aliphatic carbocycles. The first-order valence-corrected chi connectivity index (χ1v) is 11.3. The number of hydrogen-bond donors (Lipinski definition) is 1. The van der Waals surface area contributed by atoms with E-state index in [-0.39, 0.29) is 35.8 Å². The Hall–Kier alpha value is -2.38. The summed E-state index contributed by atoms with van der Waals surface area (Å²) in [6, 6.07) is 1.86. The van der Waals surface area contributed by atoms with Gasteiger partial charge in [0.05, 0.1) is 23.5 Å². The van der Waals surface area contributed by atoms with Crippen molar-refractivity contribution in [2.75, 3.05) is 0 Å².